The smallest absolute Gasteiger partial charge is 0.0927 e. The highest BCUT2D eigenvalue weighted by Crippen LogP contribution is 2.20. The molecule has 3 heteroatoms. The van der Waals surface area contributed by atoms with E-state index in [1.54, 1.807) is 0 Å². The van der Waals surface area contributed by atoms with Gasteiger partial charge < -0.3 is 9.84 Å². The zero-order valence-electron chi connectivity index (χ0n) is 5.38. The van der Waals surface area contributed by atoms with E-state index in [1.807, 2.05) is 6.92 Å². The van der Waals surface area contributed by atoms with Crippen LogP contribution in [0.25, 0.3) is 0 Å². The predicted octanol–water partition coefficient (Wildman–Crippen LogP) is 0.960. The molecule has 2 nitrogen and oxygen atoms in total. The molecular formula is C6H11IO2. The monoisotopic (exact) mass is 242 g/mol. The van der Waals surface area contributed by atoms with E-state index in [9.17, 15) is 5.11 Å². The lowest BCUT2D eigenvalue weighted by Gasteiger charge is -2.08. The molecule has 1 fully saturated rings. The zero-order valence-corrected chi connectivity index (χ0v) is 7.54. The van der Waals surface area contributed by atoms with E-state index < -0.39 is 0 Å². The molecule has 0 amide bonds. The fourth-order valence-corrected chi connectivity index (χ4v) is 1.87. The van der Waals surface area contributed by atoms with E-state index in [-0.39, 0.29) is 18.3 Å². The number of ether oxygens (including phenoxy) is 1. The standard InChI is InChI=1S/C6H11IO2/c1-4-2-5(8)6(3-7)9-4/h4-6,8H,2-3H2,1H3/t4-,5-,6?/m0/s1. The van der Waals surface area contributed by atoms with Gasteiger partial charge in [-0.3, -0.25) is 0 Å². The molecular weight excluding hydrogens is 231 g/mol. The van der Waals surface area contributed by atoms with Gasteiger partial charge in [-0.25, -0.2) is 0 Å². The molecule has 0 spiro atoms. The number of halogens is 1. The van der Waals surface area contributed by atoms with Crippen LogP contribution < -0.4 is 0 Å². The summed E-state index contributed by atoms with van der Waals surface area (Å²) < 4.78 is 6.26. The van der Waals surface area contributed by atoms with Crippen molar-refractivity contribution in [2.75, 3.05) is 4.43 Å². The molecule has 0 aromatic rings. The molecule has 9 heavy (non-hydrogen) atoms. The summed E-state index contributed by atoms with van der Waals surface area (Å²) in [6, 6.07) is 0. The average Bonchev–Trinajstić information content (AvgIpc) is 2.10. The van der Waals surface area contributed by atoms with Crippen LogP contribution in [-0.4, -0.2) is 27.8 Å². The first kappa shape index (κ1) is 7.75. The maximum absolute atomic E-state index is 9.23. The molecule has 1 rings (SSSR count). The SMILES string of the molecule is C[C@H]1C[C@H](O)C(CI)O1. The third kappa shape index (κ3) is 1.78. The molecule has 54 valence electrons. The van der Waals surface area contributed by atoms with Crippen molar-refractivity contribution in [1.82, 2.24) is 0 Å². The largest absolute Gasteiger partial charge is 0.390 e. The summed E-state index contributed by atoms with van der Waals surface area (Å²) in [6.07, 6.45) is 0.908. The van der Waals surface area contributed by atoms with Gasteiger partial charge in [0.25, 0.3) is 0 Å². The molecule has 0 aromatic carbocycles. The van der Waals surface area contributed by atoms with E-state index in [1.165, 1.54) is 0 Å². The van der Waals surface area contributed by atoms with Crippen LogP contribution in [0.2, 0.25) is 0 Å². The van der Waals surface area contributed by atoms with Gasteiger partial charge in [-0.2, -0.15) is 0 Å². The molecule has 0 saturated carbocycles. The molecule has 1 heterocycles. The van der Waals surface area contributed by atoms with Gasteiger partial charge in [0.1, 0.15) is 0 Å². The minimum absolute atomic E-state index is 0.0839. The van der Waals surface area contributed by atoms with Gasteiger partial charge >= 0.3 is 0 Å². The second-order valence-corrected chi connectivity index (χ2v) is 3.32. The Kier molecular flexibility index (Phi) is 2.73. The number of aliphatic hydroxyl groups is 1. The number of alkyl halides is 1. The minimum Gasteiger partial charge on any atom is -0.390 e. The number of hydrogen-bond donors (Lipinski definition) is 1. The van der Waals surface area contributed by atoms with E-state index in [4.69, 9.17) is 4.74 Å². The molecule has 1 aliphatic rings. The van der Waals surface area contributed by atoms with Gasteiger partial charge in [-0.15, -0.1) is 0 Å². The molecule has 0 radical (unpaired) electrons. The van der Waals surface area contributed by atoms with Crippen LogP contribution in [-0.2, 0) is 4.74 Å². The summed E-state index contributed by atoms with van der Waals surface area (Å²) in [5.41, 5.74) is 0. The highest BCUT2D eigenvalue weighted by atomic mass is 127. The molecule has 3 atom stereocenters. The Morgan fingerprint density at radius 2 is 2.44 bits per heavy atom. The van der Waals surface area contributed by atoms with Crippen molar-refractivity contribution in [3.8, 4) is 0 Å². The van der Waals surface area contributed by atoms with Crippen LogP contribution in [0.5, 0.6) is 0 Å². The van der Waals surface area contributed by atoms with Gasteiger partial charge in [0, 0.05) is 10.8 Å². The number of hydrogen-bond acceptors (Lipinski definition) is 2. The first-order chi connectivity index (χ1) is 4.24. The zero-order chi connectivity index (χ0) is 6.85. The molecule has 1 N–H and O–H groups in total. The van der Waals surface area contributed by atoms with Crippen LogP contribution in [0.3, 0.4) is 0 Å². The lowest BCUT2D eigenvalue weighted by atomic mass is 10.2. The Morgan fingerprint density at radius 3 is 2.67 bits per heavy atom. The number of rotatable bonds is 1. The third-order valence-electron chi connectivity index (χ3n) is 1.56. The van der Waals surface area contributed by atoms with E-state index >= 15 is 0 Å². The van der Waals surface area contributed by atoms with Crippen LogP contribution >= 0.6 is 22.6 Å². The highest BCUT2D eigenvalue weighted by molar-refractivity contribution is 14.1. The minimum atomic E-state index is -0.225. The van der Waals surface area contributed by atoms with Crippen LogP contribution in [0.15, 0.2) is 0 Å². The first-order valence-corrected chi connectivity index (χ1v) is 4.66. The number of aliphatic hydroxyl groups excluding tert-OH is 1. The molecule has 1 aliphatic heterocycles. The third-order valence-corrected chi connectivity index (χ3v) is 2.43. The second kappa shape index (κ2) is 3.16. The van der Waals surface area contributed by atoms with Crippen LogP contribution in [0, 0.1) is 0 Å². The maximum atomic E-state index is 9.23. The molecule has 1 saturated heterocycles. The lowest BCUT2D eigenvalue weighted by Crippen LogP contribution is -2.21. The molecule has 0 bridgehead atoms. The van der Waals surface area contributed by atoms with E-state index in [0.29, 0.717) is 0 Å². The van der Waals surface area contributed by atoms with Crippen molar-refractivity contribution in [3.63, 3.8) is 0 Å². The first-order valence-electron chi connectivity index (χ1n) is 3.13. The second-order valence-electron chi connectivity index (χ2n) is 2.44. The topological polar surface area (TPSA) is 29.5 Å². The summed E-state index contributed by atoms with van der Waals surface area (Å²) >= 11 is 2.23. The quantitative estimate of drug-likeness (QED) is 0.548. The Balaban J connectivity index is 2.38. The van der Waals surface area contributed by atoms with E-state index in [0.717, 1.165) is 10.8 Å². The molecule has 0 aliphatic carbocycles. The summed E-state index contributed by atoms with van der Waals surface area (Å²) in [6.45, 7) is 2.00. The Labute approximate surface area is 68.7 Å². The van der Waals surface area contributed by atoms with Crippen molar-refractivity contribution in [2.45, 2.75) is 31.7 Å². The van der Waals surface area contributed by atoms with Gasteiger partial charge in [0.15, 0.2) is 0 Å². The molecule has 0 aromatic heterocycles. The van der Waals surface area contributed by atoms with Crippen LogP contribution in [0.1, 0.15) is 13.3 Å². The average molecular weight is 242 g/mol. The van der Waals surface area contributed by atoms with Crippen molar-refractivity contribution < 1.29 is 9.84 Å². The summed E-state index contributed by atoms with van der Waals surface area (Å²) in [5, 5.41) is 9.23. The van der Waals surface area contributed by atoms with Gasteiger partial charge in [-0.05, 0) is 6.92 Å². The van der Waals surface area contributed by atoms with Crippen LogP contribution in [0.4, 0.5) is 0 Å². The van der Waals surface area contributed by atoms with Gasteiger partial charge in [0.05, 0.1) is 18.3 Å². The summed E-state index contributed by atoms with van der Waals surface area (Å²) in [7, 11) is 0. The van der Waals surface area contributed by atoms with Gasteiger partial charge in [-0.1, -0.05) is 22.6 Å². The summed E-state index contributed by atoms with van der Waals surface area (Å²) in [4.78, 5) is 0. The Bertz CT molecular complexity index is 97.1. The maximum Gasteiger partial charge on any atom is 0.0927 e. The Morgan fingerprint density at radius 1 is 1.78 bits per heavy atom. The normalized spacial score (nSPS) is 43.7. The summed E-state index contributed by atoms with van der Waals surface area (Å²) in [5.74, 6) is 0. The van der Waals surface area contributed by atoms with Crippen molar-refractivity contribution in [1.29, 1.82) is 0 Å². The van der Waals surface area contributed by atoms with Crippen molar-refractivity contribution >= 4 is 22.6 Å². The fourth-order valence-electron chi connectivity index (χ4n) is 1.08. The fraction of sp³-hybridized carbons (Fsp3) is 1.00. The van der Waals surface area contributed by atoms with Crippen molar-refractivity contribution in [2.24, 2.45) is 0 Å². The Hall–Kier alpha value is 0.650. The van der Waals surface area contributed by atoms with E-state index in [2.05, 4.69) is 22.6 Å². The highest BCUT2D eigenvalue weighted by Gasteiger charge is 2.29. The predicted molar refractivity (Wildman–Crippen MR) is 43.8 cm³/mol. The molecule has 1 unspecified atom stereocenters. The van der Waals surface area contributed by atoms with Crippen molar-refractivity contribution in [3.05, 3.63) is 0 Å². The lowest BCUT2D eigenvalue weighted by molar-refractivity contribution is 0.0335. The van der Waals surface area contributed by atoms with Gasteiger partial charge in [0.2, 0.25) is 0 Å².